The van der Waals surface area contributed by atoms with Crippen LogP contribution < -0.4 is 15.5 Å². The zero-order valence-electron chi connectivity index (χ0n) is 12.1. The average molecular weight is 400 g/mol. The van der Waals surface area contributed by atoms with E-state index >= 15 is 0 Å². The molecule has 0 aromatic carbocycles. The summed E-state index contributed by atoms with van der Waals surface area (Å²) in [6.07, 6.45) is 4.00. The van der Waals surface area contributed by atoms with Gasteiger partial charge in [-0.25, -0.2) is 4.98 Å². The topological polar surface area (TPSA) is 57.3 Å². The van der Waals surface area contributed by atoms with E-state index in [0.29, 0.717) is 24.0 Å². The number of nitrogens with zero attached hydrogens (tertiary/aromatic N) is 2. The van der Waals surface area contributed by atoms with Crippen LogP contribution in [0.5, 0.6) is 0 Å². The first-order valence-corrected chi connectivity index (χ1v) is 7.21. The van der Waals surface area contributed by atoms with E-state index in [2.05, 4.69) is 31.5 Å². The number of amides is 1. The number of pyridine rings is 1. The van der Waals surface area contributed by atoms with Crippen molar-refractivity contribution in [2.75, 3.05) is 32.1 Å². The summed E-state index contributed by atoms with van der Waals surface area (Å²) in [6.45, 7) is 1.71. The maximum absolute atomic E-state index is 12.3. The summed E-state index contributed by atoms with van der Waals surface area (Å²) in [5.74, 6) is 0.603. The van der Waals surface area contributed by atoms with Gasteiger partial charge in [-0.05, 0) is 41.4 Å². The Hall–Kier alpha value is -0.560. The van der Waals surface area contributed by atoms with Gasteiger partial charge in [-0.2, -0.15) is 0 Å². The van der Waals surface area contributed by atoms with Crippen molar-refractivity contribution >= 4 is 52.5 Å². The lowest BCUT2D eigenvalue weighted by Gasteiger charge is -2.17. The summed E-state index contributed by atoms with van der Waals surface area (Å²) in [4.78, 5) is 18.4. The van der Waals surface area contributed by atoms with Crippen LogP contribution in [-0.2, 0) is 0 Å². The third-order valence-corrected chi connectivity index (χ3v) is 3.61. The van der Waals surface area contributed by atoms with Crippen LogP contribution in [0.2, 0.25) is 0 Å². The lowest BCUT2D eigenvalue weighted by Crippen LogP contribution is -2.37. The summed E-state index contributed by atoms with van der Waals surface area (Å²) in [5.41, 5.74) is 0.595. The number of carbonyl (C=O) groups excluding carboxylic acids is 1. The number of carbonyl (C=O) groups is 1. The van der Waals surface area contributed by atoms with E-state index in [1.807, 2.05) is 19.0 Å². The molecule has 2 rings (SSSR count). The van der Waals surface area contributed by atoms with Crippen LogP contribution in [0.3, 0.4) is 0 Å². The van der Waals surface area contributed by atoms with E-state index in [1.165, 1.54) is 6.42 Å². The van der Waals surface area contributed by atoms with Crippen LogP contribution in [0.1, 0.15) is 23.2 Å². The molecule has 1 aromatic heterocycles. The molecule has 21 heavy (non-hydrogen) atoms. The molecule has 1 aliphatic rings. The Morgan fingerprint density at radius 1 is 1.52 bits per heavy atom. The second-order valence-corrected chi connectivity index (χ2v) is 5.84. The molecule has 0 radical (unpaired) electrons. The van der Waals surface area contributed by atoms with Crippen molar-refractivity contribution in [3.8, 4) is 0 Å². The van der Waals surface area contributed by atoms with E-state index in [0.717, 1.165) is 17.4 Å². The normalized spacial score (nSPS) is 16.6. The molecule has 0 bridgehead atoms. The third-order valence-electron chi connectivity index (χ3n) is 3.17. The molecular weight excluding hydrogens is 379 g/mol. The van der Waals surface area contributed by atoms with Gasteiger partial charge in [0.2, 0.25) is 0 Å². The maximum Gasteiger partial charge on any atom is 0.255 e. The average Bonchev–Trinajstić information content (AvgIpc) is 2.88. The summed E-state index contributed by atoms with van der Waals surface area (Å²) in [5, 5.41) is 6.34. The van der Waals surface area contributed by atoms with Crippen LogP contribution in [0.15, 0.2) is 16.7 Å². The predicted octanol–water partition coefficient (Wildman–Crippen LogP) is 2.24. The first-order chi connectivity index (χ1) is 9.08. The van der Waals surface area contributed by atoms with Gasteiger partial charge in [0.1, 0.15) is 5.82 Å². The minimum absolute atomic E-state index is 0. The molecule has 1 unspecified atom stereocenters. The fraction of sp³-hybridized carbons (Fsp3) is 0.538. The molecule has 2 heterocycles. The zero-order chi connectivity index (χ0) is 13.8. The molecule has 1 aromatic rings. The highest BCUT2D eigenvalue weighted by molar-refractivity contribution is 9.10. The Morgan fingerprint density at radius 2 is 2.24 bits per heavy atom. The van der Waals surface area contributed by atoms with E-state index < -0.39 is 0 Å². The van der Waals surface area contributed by atoms with Crippen molar-refractivity contribution < 1.29 is 4.79 Å². The van der Waals surface area contributed by atoms with Gasteiger partial charge >= 0.3 is 0 Å². The van der Waals surface area contributed by atoms with Gasteiger partial charge in [0, 0.05) is 37.4 Å². The second-order valence-electron chi connectivity index (χ2n) is 4.92. The largest absolute Gasteiger partial charge is 0.362 e. The lowest BCUT2D eigenvalue weighted by atomic mass is 10.2. The molecule has 120 valence electrons. The van der Waals surface area contributed by atoms with E-state index in [9.17, 15) is 4.79 Å². The smallest absolute Gasteiger partial charge is 0.255 e. The van der Waals surface area contributed by atoms with Gasteiger partial charge in [-0.15, -0.1) is 24.8 Å². The molecular formula is C13H21BrCl2N4O. The monoisotopic (exact) mass is 398 g/mol. The molecule has 2 N–H and O–H groups in total. The van der Waals surface area contributed by atoms with Crippen LogP contribution in [-0.4, -0.2) is 44.1 Å². The highest BCUT2D eigenvalue weighted by atomic mass is 79.9. The Morgan fingerprint density at radius 3 is 2.81 bits per heavy atom. The Balaban J connectivity index is 0.00000200. The molecule has 8 heteroatoms. The summed E-state index contributed by atoms with van der Waals surface area (Å²) in [7, 11) is 3.76. The van der Waals surface area contributed by atoms with Crippen molar-refractivity contribution in [2.24, 2.45) is 0 Å². The third kappa shape index (κ3) is 5.62. The van der Waals surface area contributed by atoms with Crippen LogP contribution in [0.25, 0.3) is 0 Å². The van der Waals surface area contributed by atoms with Crippen LogP contribution in [0.4, 0.5) is 5.82 Å². The minimum atomic E-state index is -0.0776. The van der Waals surface area contributed by atoms with E-state index in [1.54, 1.807) is 12.3 Å². The highest BCUT2D eigenvalue weighted by Gasteiger charge is 2.18. The number of hydrogen-bond donors (Lipinski definition) is 2. The molecule has 1 fully saturated rings. The van der Waals surface area contributed by atoms with E-state index in [-0.39, 0.29) is 30.7 Å². The van der Waals surface area contributed by atoms with Crippen molar-refractivity contribution in [1.82, 2.24) is 15.6 Å². The SMILES string of the molecule is CN(C)c1ncc(Br)cc1C(=O)NCC1CCCN1.Cl.Cl. The number of halogens is 3. The number of nitrogens with one attached hydrogen (secondary N) is 2. The standard InChI is InChI=1S/C13H19BrN4O.2ClH/c1-18(2)12-11(6-9(14)7-16-12)13(19)17-8-10-4-3-5-15-10;;/h6-7,10,15H,3-5,8H2,1-2H3,(H,17,19);2*1H. The predicted molar refractivity (Wildman–Crippen MR) is 94.1 cm³/mol. The zero-order valence-corrected chi connectivity index (χ0v) is 15.3. The van der Waals surface area contributed by atoms with Gasteiger partial charge in [0.25, 0.3) is 5.91 Å². The number of anilines is 1. The molecule has 0 aliphatic carbocycles. The van der Waals surface area contributed by atoms with Crippen LogP contribution in [0, 0.1) is 0 Å². The van der Waals surface area contributed by atoms with Crippen molar-refractivity contribution in [3.63, 3.8) is 0 Å². The number of aromatic nitrogens is 1. The summed E-state index contributed by atoms with van der Waals surface area (Å²) >= 11 is 3.36. The van der Waals surface area contributed by atoms with Crippen molar-refractivity contribution in [2.45, 2.75) is 18.9 Å². The molecule has 1 atom stereocenters. The van der Waals surface area contributed by atoms with Gasteiger partial charge < -0.3 is 15.5 Å². The first-order valence-electron chi connectivity index (χ1n) is 6.42. The summed E-state index contributed by atoms with van der Waals surface area (Å²) < 4.78 is 0.808. The van der Waals surface area contributed by atoms with Crippen LogP contribution >= 0.6 is 40.7 Å². The van der Waals surface area contributed by atoms with Gasteiger partial charge in [0.05, 0.1) is 5.56 Å². The number of hydrogen-bond acceptors (Lipinski definition) is 4. The molecule has 0 saturated carbocycles. The number of rotatable bonds is 4. The fourth-order valence-electron chi connectivity index (χ4n) is 2.20. The minimum Gasteiger partial charge on any atom is -0.362 e. The Labute approximate surface area is 146 Å². The maximum atomic E-state index is 12.3. The Bertz CT molecular complexity index is 467. The molecule has 1 aliphatic heterocycles. The Kier molecular flexibility index (Phi) is 9.20. The van der Waals surface area contributed by atoms with Gasteiger partial charge in [-0.1, -0.05) is 0 Å². The van der Waals surface area contributed by atoms with Crippen molar-refractivity contribution in [1.29, 1.82) is 0 Å². The molecule has 0 spiro atoms. The highest BCUT2D eigenvalue weighted by Crippen LogP contribution is 2.20. The van der Waals surface area contributed by atoms with Gasteiger partial charge in [0.15, 0.2) is 0 Å². The lowest BCUT2D eigenvalue weighted by molar-refractivity contribution is 0.0950. The molecule has 1 amide bonds. The molecule has 5 nitrogen and oxygen atoms in total. The second kappa shape index (κ2) is 9.46. The summed E-state index contributed by atoms with van der Waals surface area (Å²) in [6, 6.07) is 2.20. The fourth-order valence-corrected chi connectivity index (χ4v) is 2.53. The molecule has 1 saturated heterocycles. The van der Waals surface area contributed by atoms with Crippen molar-refractivity contribution in [3.05, 3.63) is 22.3 Å². The van der Waals surface area contributed by atoms with Gasteiger partial charge in [-0.3, -0.25) is 4.79 Å². The first kappa shape index (κ1) is 20.4. The quantitative estimate of drug-likeness (QED) is 0.815. The van der Waals surface area contributed by atoms with E-state index in [4.69, 9.17) is 0 Å².